The van der Waals surface area contributed by atoms with E-state index in [9.17, 15) is 9.18 Å². The summed E-state index contributed by atoms with van der Waals surface area (Å²) < 4.78 is 24.2. The van der Waals surface area contributed by atoms with Crippen LogP contribution in [0.25, 0.3) is 11.1 Å². The van der Waals surface area contributed by atoms with E-state index in [1.54, 1.807) is 24.3 Å². The van der Waals surface area contributed by atoms with Crippen molar-refractivity contribution in [2.24, 2.45) is 0 Å². The molecule has 0 radical (unpaired) electrons. The maximum absolute atomic E-state index is 13.6. The number of carbonyl (C=O) groups excluding carboxylic acids is 1. The monoisotopic (exact) mass is 335 g/mol. The second-order valence-electron chi connectivity index (χ2n) is 5.12. The Morgan fingerprint density at radius 3 is 2.65 bits per heavy atom. The zero-order chi connectivity index (χ0) is 16.2. The molecule has 2 aromatic rings. The van der Waals surface area contributed by atoms with Crippen LogP contribution in [-0.4, -0.2) is 31.8 Å². The Balaban J connectivity index is 1.86. The quantitative estimate of drug-likeness (QED) is 0.934. The Labute approximate surface area is 138 Å². The van der Waals surface area contributed by atoms with E-state index in [0.29, 0.717) is 29.5 Å². The first-order chi connectivity index (χ1) is 11.1. The molecule has 1 atom stereocenters. The lowest BCUT2D eigenvalue weighted by atomic mass is 10.0. The van der Waals surface area contributed by atoms with Gasteiger partial charge in [0, 0.05) is 16.3 Å². The molecular formula is C17H15ClFNO3. The molecule has 0 aliphatic carbocycles. The minimum Gasteiger partial charge on any atom is -0.376 e. The summed E-state index contributed by atoms with van der Waals surface area (Å²) in [5.41, 5.74) is 1.84. The molecule has 0 unspecified atom stereocenters. The predicted octanol–water partition coefficient (Wildman–Crippen LogP) is 3.50. The van der Waals surface area contributed by atoms with Gasteiger partial charge >= 0.3 is 0 Å². The average molecular weight is 336 g/mol. The Morgan fingerprint density at radius 2 is 1.96 bits per heavy atom. The minimum absolute atomic E-state index is 0.212. The van der Waals surface area contributed by atoms with Crippen molar-refractivity contribution >= 4 is 23.2 Å². The van der Waals surface area contributed by atoms with E-state index < -0.39 is 6.10 Å². The molecule has 1 fully saturated rings. The molecule has 1 heterocycles. The molecule has 1 saturated heterocycles. The third-order valence-corrected chi connectivity index (χ3v) is 3.76. The van der Waals surface area contributed by atoms with Gasteiger partial charge in [-0.05, 0) is 35.9 Å². The van der Waals surface area contributed by atoms with Crippen LogP contribution in [0.4, 0.5) is 10.1 Å². The van der Waals surface area contributed by atoms with E-state index in [4.69, 9.17) is 21.1 Å². The number of nitrogens with one attached hydrogen (secondary N) is 1. The number of carbonyl (C=O) groups is 1. The highest BCUT2D eigenvalue weighted by atomic mass is 35.5. The predicted molar refractivity (Wildman–Crippen MR) is 86.0 cm³/mol. The van der Waals surface area contributed by atoms with Crippen LogP contribution in [0.15, 0.2) is 42.5 Å². The summed E-state index contributed by atoms with van der Waals surface area (Å²) in [6.45, 7) is 1.07. The van der Waals surface area contributed by atoms with Gasteiger partial charge < -0.3 is 14.8 Å². The highest BCUT2D eigenvalue weighted by Gasteiger charge is 2.23. The maximum atomic E-state index is 13.6. The zero-order valence-electron chi connectivity index (χ0n) is 12.2. The van der Waals surface area contributed by atoms with Gasteiger partial charge in [-0.15, -0.1) is 0 Å². The van der Waals surface area contributed by atoms with Gasteiger partial charge in [0.2, 0.25) is 0 Å². The third-order valence-electron chi connectivity index (χ3n) is 3.50. The number of amides is 1. The Kier molecular flexibility index (Phi) is 4.91. The van der Waals surface area contributed by atoms with E-state index in [0.717, 1.165) is 5.56 Å². The van der Waals surface area contributed by atoms with E-state index in [2.05, 4.69) is 5.32 Å². The van der Waals surface area contributed by atoms with E-state index in [-0.39, 0.29) is 18.3 Å². The summed E-state index contributed by atoms with van der Waals surface area (Å²) in [5, 5.41) is 3.36. The van der Waals surface area contributed by atoms with E-state index >= 15 is 0 Å². The number of benzene rings is 2. The molecule has 1 amide bonds. The fourth-order valence-corrected chi connectivity index (χ4v) is 2.47. The number of hydrogen-bond donors (Lipinski definition) is 1. The van der Waals surface area contributed by atoms with Crippen LogP contribution in [-0.2, 0) is 14.3 Å². The summed E-state index contributed by atoms with van der Waals surface area (Å²) in [4.78, 5) is 12.3. The van der Waals surface area contributed by atoms with Crippen molar-refractivity contribution in [3.63, 3.8) is 0 Å². The normalized spacial score (nSPS) is 17.7. The topological polar surface area (TPSA) is 47.6 Å². The number of hydrogen-bond acceptors (Lipinski definition) is 3. The molecular weight excluding hydrogens is 321 g/mol. The molecule has 0 bridgehead atoms. The van der Waals surface area contributed by atoms with E-state index in [1.165, 1.54) is 18.2 Å². The molecule has 0 spiro atoms. The first kappa shape index (κ1) is 15.9. The second-order valence-corrected chi connectivity index (χ2v) is 5.56. The summed E-state index contributed by atoms with van der Waals surface area (Å²) in [5.74, 6) is -0.697. The lowest BCUT2D eigenvalue weighted by Crippen LogP contribution is -2.39. The first-order valence-corrected chi connectivity index (χ1v) is 7.57. The first-order valence-electron chi connectivity index (χ1n) is 7.19. The van der Waals surface area contributed by atoms with Crippen molar-refractivity contribution in [1.29, 1.82) is 0 Å². The molecule has 2 aromatic carbocycles. The van der Waals surface area contributed by atoms with Crippen molar-refractivity contribution in [1.82, 2.24) is 0 Å². The maximum Gasteiger partial charge on any atom is 0.255 e. The van der Waals surface area contributed by atoms with Crippen LogP contribution < -0.4 is 5.32 Å². The number of rotatable bonds is 3. The lowest BCUT2D eigenvalue weighted by molar-refractivity contribution is -0.142. The molecule has 120 valence electrons. The average Bonchev–Trinajstić information content (AvgIpc) is 2.58. The van der Waals surface area contributed by atoms with Crippen molar-refractivity contribution in [3.05, 3.63) is 53.3 Å². The van der Waals surface area contributed by atoms with Crippen LogP contribution in [0, 0.1) is 5.82 Å². The Morgan fingerprint density at radius 1 is 1.17 bits per heavy atom. The lowest BCUT2D eigenvalue weighted by Gasteiger charge is -2.22. The molecule has 4 nitrogen and oxygen atoms in total. The van der Waals surface area contributed by atoms with Gasteiger partial charge in [-0.25, -0.2) is 4.39 Å². The van der Waals surface area contributed by atoms with Crippen LogP contribution in [0.3, 0.4) is 0 Å². The minimum atomic E-state index is -0.660. The van der Waals surface area contributed by atoms with Crippen LogP contribution >= 0.6 is 11.6 Å². The highest BCUT2D eigenvalue weighted by Crippen LogP contribution is 2.30. The molecule has 6 heteroatoms. The molecule has 0 saturated carbocycles. The second kappa shape index (κ2) is 7.08. The van der Waals surface area contributed by atoms with Crippen LogP contribution in [0.1, 0.15) is 0 Å². The number of halogens is 2. The summed E-state index contributed by atoms with van der Waals surface area (Å²) in [6, 6.07) is 11.2. The standard InChI is InChI=1S/C17H15ClFNO3/c18-12-3-1-11(2-4-12)14-9-13(19)5-6-15(14)20-17(21)16-10-22-7-8-23-16/h1-6,9,16H,7-8,10H2,(H,20,21)/t16-/m1/s1. The fraction of sp³-hybridized carbons (Fsp3) is 0.235. The molecule has 1 aliphatic rings. The van der Waals surface area contributed by atoms with Crippen molar-refractivity contribution in [3.8, 4) is 11.1 Å². The van der Waals surface area contributed by atoms with Gasteiger partial charge in [-0.3, -0.25) is 4.79 Å². The Hall–Kier alpha value is -1.95. The highest BCUT2D eigenvalue weighted by molar-refractivity contribution is 6.30. The van der Waals surface area contributed by atoms with Crippen molar-refractivity contribution in [2.75, 3.05) is 25.1 Å². The van der Waals surface area contributed by atoms with Crippen LogP contribution in [0.2, 0.25) is 5.02 Å². The summed E-state index contributed by atoms with van der Waals surface area (Å²) >= 11 is 5.88. The summed E-state index contributed by atoms with van der Waals surface area (Å²) in [6.07, 6.45) is -0.660. The van der Waals surface area contributed by atoms with Gasteiger partial charge in [0.15, 0.2) is 6.10 Å². The zero-order valence-corrected chi connectivity index (χ0v) is 13.0. The molecule has 3 rings (SSSR count). The summed E-state index contributed by atoms with van der Waals surface area (Å²) in [7, 11) is 0. The van der Waals surface area contributed by atoms with Gasteiger partial charge in [-0.2, -0.15) is 0 Å². The van der Waals surface area contributed by atoms with Crippen molar-refractivity contribution in [2.45, 2.75) is 6.10 Å². The molecule has 23 heavy (non-hydrogen) atoms. The van der Waals surface area contributed by atoms with Gasteiger partial charge in [0.1, 0.15) is 5.82 Å². The number of anilines is 1. The largest absolute Gasteiger partial charge is 0.376 e. The van der Waals surface area contributed by atoms with E-state index in [1.807, 2.05) is 0 Å². The SMILES string of the molecule is O=C(Nc1ccc(F)cc1-c1ccc(Cl)cc1)[C@H]1COCCO1. The molecule has 1 N–H and O–H groups in total. The van der Waals surface area contributed by atoms with Gasteiger partial charge in [0.05, 0.1) is 19.8 Å². The molecule has 1 aliphatic heterocycles. The van der Waals surface area contributed by atoms with Crippen LogP contribution in [0.5, 0.6) is 0 Å². The van der Waals surface area contributed by atoms with Gasteiger partial charge in [-0.1, -0.05) is 23.7 Å². The van der Waals surface area contributed by atoms with Gasteiger partial charge in [0.25, 0.3) is 5.91 Å². The van der Waals surface area contributed by atoms with Crippen molar-refractivity contribution < 1.29 is 18.7 Å². The fourth-order valence-electron chi connectivity index (χ4n) is 2.35. The smallest absolute Gasteiger partial charge is 0.255 e. The molecule has 0 aromatic heterocycles. The third kappa shape index (κ3) is 3.88. The number of ether oxygens (including phenoxy) is 2. The Bertz CT molecular complexity index is 699.